The highest BCUT2D eigenvalue weighted by molar-refractivity contribution is 9.28. The van der Waals surface area contributed by atoms with Crippen molar-refractivity contribution in [3.63, 3.8) is 0 Å². The lowest BCUT2D eigenvalue weighted by molar-refractivity contribution is -0.180. The molecule has 0 amide bonds. The minimum Gasteiger partial charge on any atom is -0.486 e. The number of carbonyl (C=O) groups is 1. The fourth-order valence-electron chi connectivity index (χ4n) is 7.50. The van der Waals surface area contributed by atoms with Crippen LogP contribution in [0, 0.1) is 17.3 Å². The van der Waals surface area contributed by atoms with E-state index in [1.54, 1.807) is 12.5 Å². The van der Waals surface area contributed by atoms with Gasteiger partial charge in [-0.2, -0.15) is 0 Å². The van der Waals surface area contributed by atoms with E-state index in [4.69, 9.17) is 9.47 Å². The van der Waals surface area contributed by atoms with Crippen LogP contribution in [0.1, 0.15) is 75.8 Å². The number of hydrogen-bond acceptors (Lipinski definition) is 3. The van der Waals surface area contributed by atoms with E-state index in [-0.39, 0.29) is 23.1 Å². The lowest BCUT2D eigenvalue weighted by atomic mass is 9.53. The minimum atomic E-state index is -0.383. The molecule has 1 aromatic rings. The van der Waals surface area contributed by atoms with Crippen LogP contribution in [0.2, 0.25) is 0 Å². The number of esters is 1. The van der Waals surface area contributed by atoms with E-state index < -0.39 is 0 Å². The van der Waals surface area contributed by atoms with Crippen LogP contribution in [0.15, 0.2) is 27.7 Å². The van der Waals surface area contributed by atoms with Crippen molar-refractivity contribution < 1.29 is 14.3 Å². The molecule has 0 aromatic heterocycles. The Balaban J connectivity index is 1.63. The topological polar surface area (TPSA) is 35.5 Å². The van der Waals surface area contributed by atoms with Crippen molar-refractivity contribution in [1.29, 1.82) is 0 Å². The molecule has 8 bridgehead atoms. The second-order valence-electron chi connectivity index (χ2n) is 10.0. The van der Waals surface area contributed by atoms with Crippen LogP contribution in [-0.4, -0.2) is 17.7 Å². The largest absolute Gasteiger partial charge is 0.486 e. The van der Waals surface area contributed by atoms with Gasteiger partial charge in [-0.1, -0.05) is 13.0 Å². The van der Waals surface area contributed by atoms with Crippen LogP contribution in [-0.2, 0) is 16.0 Å². The van der Waals surface area contributed by atoms with Crippen molar-refractivity contribution in [3.05, 3.63) is 38.8 Å². The van der Waals surface area contributed by atoms with Crippen LogP contribution < -0.4 is 4.74 Å². The van der Waals surface area contributed by atoms with Gasteiger partial charge in [0.25, 0.3) is 0 Å². The molecule has 5 aliphatic heterocycles. The highest BCUT2D eigenvalue weighted by Gasteiger charge is 2.63. The number of hydrogen-bond donors (Lipinski definition) is 0. The third-order valence-corrected chi connectivity index (χ3v) is 9.29. The Morgan fingerprint density at radius 3 is 2.73 bits per heavy atom. The Kier molecular flexibility index (Phi) is 5.37. The van der Waals surface area contributed by atoms with E-state index >= 15 is 0 Å². The predicted molar refractivity (Wildman–Crippen MR) is 125 cm³/mol. The summed E-state index contributed by atoms with van der Waals surface area (Å²) in [7, 11) is 0. The minimum absolute atomic E-state index is 0.0461. The summed E-state index contributed by atoms with van der Waals surface area (Å²) in [6, 6.07) is 6.77. The molecule has 5 heteroatoms. The fourth-order valence-corrected chi connectivity index (χ4v) is 8.09. The van der Waals surface area contributed by atoms with Crippen LogP contribution in [0.5, 0.6) is 5.75 Å². The zero-order valence-electron chi connectivity index (χ0n) is 17.8. The van der Waals surface area contributed by atoms with Gasteiger partial charge >= 0.3 is 5.97 Å². The number of halogens is 2. The van der Waals surface area contributed by atoms with Crippen LogP contribution in [0.4, 0.5) is 0 Å². The molecule has 0 radical (unpaired) electrons. The zero-order chi connectivity index (χ0) is 21.1. The molecule has 30 heavy (non-hydrogen) atoms. The average molecular weight is 538 g/mol. The first-order valence-corrected chi connectivity index (χ1v) is 12.9. The molecular formula is C25H30Br2O3. The maximum absolute atomic E-state index is 12.3. The number of fused-ring (bicyclic) bond motifs is 1. The van der Waals surface area contributed by atoms with E-state index in [0.29, 0.717) is 17.8 Å². The Hall–Kier alpha value is -0.810. The number of ether oxygens (including phenoxy) is 2. The van der Waals surface area contributed by atoms with Gasteiger partial charge in [-0.05, 0) is 130 Å². The second-order valence-corrected chi connectivity index (χ2v) is 12.8. The smallest absolute Gasteiger partial charge is 0.303 e. The summed E-state index contributed by atoms with van der Waals surface area (Å²) in [5.41, 5.74) is 2.68. The molecule has 0 saturated heterocycles. The Morgan fingerprint density at radius 1 is 1.17 bits per heavy atom. The maximum Gasteiger partial charge on any atom is 0.303 e. The number of benzene rings is 1. The quantitative estimate of drug-likeness (QED) is 0.380. The van der Waals surface area contributed by atoms with Crippen molar-refractivity contribution in [2.45, 2.75) is 82.8 Å². The van der Waals surface area contributed by atoms with E-state index in [2.05, 4.69) is 63.1 Å². The van der Waals surface area contributed by atoms with E-state index in [9.17, 15) is 4.79 Å². The average Bonchev–Trinajstić information content (AvgIpc) is 2.97. The van der Waals surface area contributed by atoms with Gasteiger partial charge in [0.1, 0.15) is 17.5 Å². The SMILES string of the molecule is CC(=O)O[C@@]12CCC(C=C(Br)Br)Oc3ccc4c(c3)CC[C@H]3C4CC[C@@]1(C)[C@H]3CC2. The molecule has 2 unspecified atom stereocenters. The second kappa shape index (κ2) is 7.65. The summed E-state index contributed by atoms with van der Waals surface area (Å²) >= 11 is 7.03. The Morgan fingerprint density at radius 2 is 1.97 bits per heavy atom. The van der Waals surface area contributed by atoms with Gasteiger partial charge in [-0.25, -0.2) is 0 Å². The molecule has 3 aliphatic carbocycles. The molecule has 0 N–H and O–H groups in total. The summed E-state index contributed by atoms with van der Waals surface area (Å²) in [5, 5.41) is 0. The molecule has 162 valence electrons. The summed E-state index contributed by atoms with van der Waals surface area (Å²) < 4.78 is 13.6. The first-order valence-electron chi connectivity index (χ1n) is 11.3. The van der Waals surface area contributed by atoms with Crippen molar-refractivity contribution in [2.75, 3.05) is 0 Å². The molecule has 1 aromatic carbocycles. The summed E-state index contributed by atoms with van der Waals surface area (Å²) in [5.74, 6) is 2.77. The molecular weight excluding hydrogens is 508 g/mol. The predicted octanol–water partition coefficient (Wildman–Crippen LogP) is 7.02. The zero-order valence-corrected chi connectivity index (χ0v) is 20.9. The standard InChI is InChI=1S/C25H30Br2O3/c1-15(28)30-25-11-7-18(14-23(26)27)29-17-4-6-19-16(13-17)3-5-21-20(19)8-10-24(25,2)22(21)9-12-25/h4,6,13-14,18,20-22H,3,5,7-12H2,1-2H3/t18?,20?,21-,22-,24-,25+/m0/s1. The van der Waals surface area contributed by atoms with Gasteiger partial charge in [-0.15, -0.1) is 0 Å². The van der Waals surface area contributed by atoms with Gasteiger partial charge in [0.2, 0.25) is 0 Å². The molecule has 3 nitrogen and oxygen atoms in total. The van der Waals surface area contributed by atoms with Crippen LogP contribution in [0.3, 0.4) is 0 Å². The molecule has 6 atom stereocenters. The number of aryl methyl sites for hydroxylation is 1. The summed E-state index contributed by atoms with van der Waals surface area (Å²) in [6.45, 7) is 4.00. The number of carbonyl (C=O) groups excluding carboxylic acids is 1. The summed E-state index contributed by atoms with van der Waals surface area (Å²) in [4.78, 5) is 12.3. The molecule has 2 fully saturated rings. The van der Waals surface area contributed by atoms with Crippen molar-refractivity contribution in [2.24, 2.45) is 17.3 Å². The maximum atomic E-state index is 12.3. The highest BCUT2D eigenvalue weighted by Crippen LogP contribution is 2.66. The normalized spacial score (nSPS) is 38.9. The highest BCUT2D eigenvalue weighted by atomic mass is 79.9. The lowest BCUT2D eigenvalue weighted by Crippen LogP contribution is -2.53. The Labute approximate surface area is 196 Å². The Bertz CT molecular complexity index is 892. The van der Waals surface area contributed by atoms with E-state index in [1.807, 2.05) is 0 Å². The van der Waals surface area contributed by atoms with Gasteiger partial charge in [0.15, 0.2) is 0 Å². The molecule has 9 rings (SSSR count). The first kappa shape index (κ1) is 21.1. The summed E-state index contributed by atoms with van der Waals surface area (Å²) in [6.07, 6.45) is 10.5. The molecule has 0 spiro atoms. The molecule has 2 saturated carbocycles. The molecule has 8 aliphatic rings. The van der Waals surface area contributed by atoms with Gasteiger partial charge < -0.3 is 9.47 Å². The number of rotatable bonds is 2. The van der Waals surface area contributed by atoms with Gasteiger partial charge in [-0.3, -0.25) is 4.79 Å². The third kappa shape index (κ3) is 3.30. The third-order valence-electron chi connectivity index (χ3n) is 8.76. The van der Waals surface area contributed by atoms with Crippen molar-refractivity contribution in [1.82, 2.24) is 0 Å². The van der Waals surface area contributed by atoms with Gasteiger partial charge in [0, 0.05) is 12.3 Å². The van der Waals surface area contributed by atoms with Crippen LogP contribution >= 0.6 is 31.9 Å². The molecule has 5 heterocycles. The van der Waals surface area contributed by atoms with E-state index in [1.165, 1.54) is 24.8 Å². The van der Waals surface area contributed by atoms with Crippen LogP contribution in [0.25, 0.3) is 0 Å². The van der Waals surface area contributed by atoms with Crippen molar-refractivity contribution in [3.8, 4) is 5.75 Å². The van der Waals surface area contributed by atoms with Crippen molar-refractivity contribution >= 4 is 37.8 Å². The van der Waals surface area contributed by atoms with Gasteiger partial charge in [0.05, 0.1) is 3.39 Å². The first-order chi connectivity index (χ1) is 14.3. The monoisotopic (exact) mass is 536 g/mol. The van der Waals surface area contributed by atoms with E-state index in [0.717, 1.165) is 41.2 Å². The lowest BCUT2D eigenvalue weighted by Gasteiger charge is -2.54. The fraction of sp³-hybridized carbons (Fsp3) is 0.640.